The first-order valence-electron chi connectivity index (χ1n) is 3.79. The highest BCUT2D eigenvalue weighted by atomic mass is 79.9. The second-order valence-electron chi connectivity index (χ2n) is 2.39. The van der Waals surface area contributed by atoms with E-state index in [0.29, 0.717) is 23.1 Å². The first-order chi connectivity index (χ1) is 6.19. The Balaban J connectivity index is 3.18. The minimum Gasteiger partial charge on any atom is -0.504 e. The van der Waals surface area contributed by atoms with Gasteiger partial charge < -0.3 is 9.84 Å². The maximum absolute atomic E-state index is 10.5. The number of halogens is 1. The van der Waals surface area contributed by atoms with Crippen LogP contribution in [0.5, 0.6) is 11.5 Å². The van der Waals surface area contributed by atoms with Crippen molar-refractivity contribution in [3.05, 3.63) is 22.2 Å². The predicted molar refractivity (Wildman–Crippen MR) is 52.4 cm³/mol. The van der Waals surface area contributed by atoms with E-state index in [4.69, 9.17) is 4.74 Å². The molecule has 0 radical (unpaired) electrons. The molecular formula is C9H9BrO3. The first-order valence-corrected chi connectivity index (χ1v) is 4.58. The van der Waals surface area contributed by atoms with Gasteiger partial charge in [0.2, 0.25) is 0 Å². The molecule has 3 nitrogen and oxygen atoms in total. The Morgan fingerprint density at radius 2 is 2.31 bits per heavy atom. The summed E-state index contributed by atoms with van der Waals surface area (Å²) in [5.41, 5.74) is 0.220. The molecule has 1 N–H and O–H groups in total. The lowest BCUT2D eigenvalue weighted by atomic mass is 10.2. The molecule has 0 spiro atoms. The number of phenols is 1. The van der Waals surface area contributed by atoms with Gasteiger partial charge in [0, 0.05) is 4.47 Å². The summed E-state index contributed by atoms with van der Waals surface area (Å²) >= 11 is 3.21. The third-order valence-electron chi connectivity index (χ3n) is 1.50. The Hall–Kier alpha value is -1.03. The van der Waals surface area contributed by atoms with Crippen LogP contribution in [0, 0.1) is 0 Å². The van der Waals surface area contributed by atoms with Crippen LogP contribution in [-0.2, 0) is 0 Å². The van der Waals surface area contributed by atoms with Gasteiger partial charge in [0.25, 0.3) is 0 Å². The van der Waals surface area contributed by atoms with Gasteiger partial charge in [0.15, 0.2) is 17.8 Å². The van der Waals surface area contributed by atoms with Crippen molar-refractivity contribution in [2.24, 2.45) is 0 Å². The zero-order chi connectivity index (χ0) is 9.84. The van der Waals surface area contributed by atoms with E-state index in [2.05, 4.69) is 15.9 Å². The molecule has 4 heteroatoms. The number of aldehydes is 1. The lowest BCUT2D eigenvalue weighted by molar-refractivity contribution is 0.112. The van der Waals surface area contributed by atoms with Crippen molar-refractivity contribution in [1.29, 1.82) is 0 Å². The summed E-state index contributed by atoms with van der Waals surface area (Å²) in [6.07, 6.45) is 0.586. The van der Waals surface area contributed by atoms with E-state index in [0.717, 1.165) is 0 Å². The third-order valence-corrected chi connectivity index (χ3v) is 1.95. The molecule has 0 fully saturated rings. The number of carbonyl (C=O) groups excluding carboxylic acids is 1. The molecule has 13 heavy (non-hydrogen) atoms. The monoisotopic (exact) mass is 244 g/mol. The third kappa shape index (κ3) is 2.21. The summed E-state index contributed by atoms with van der Waals surface area (Å²) in [5.74, 6) is 0.207. The van der Waals surface area contributed by atoms with Crippen molar-refractivity contribution in [1.82, 2.24) is 0 Å². The molecule has 70 valence electrons. The highest BCUT2D eigenvalue weighted by molar-refractivity contribution is 9.10. The quantitative estimate of drug-likeness (QED) is 0.831. The van der Waals surface area contributed by atoms with Gasteiger partial charge in [-0.3, -0.25) is 4.79 Å². The molecule has 1 aromatic rings. The molecule has 0 aliphatic carbocycles. The maximum atomic E-state index is 10.5. The molecule has 0 aromatic heterocycles. The van der Waals surface area contributed by atoms with Crippen molar-refractivity contribution in [3.63, 3.8) is 0 Å². The lowest BCUT2D eigenvalue weighted by Crippen LogP contribution is -1.94. The number of rotatable bonds is 3. The number of aromatic hydroxyl groups is 1. The Morgan fingerprint density at radius 1 is 1.62 bits per heavy atom. The van der Waals surface area contributed by atoms with Gasteiger partial charge in [0.1, 0.15) is 0 Å². The van der Waals surface area contributed by atoms with E-state index < -0.39 is 0 Å². The van der Waals surface area contributed by atoms with E-state index >= 15 is 0 Å². The zero-order valence-corrected chi connectivity index (χ0v) is 8.67. The summed E-state index contributed by atoms with van der Waals surface area (Å²) in [7, 11) is 0. The molecular weight excluding hydrogens is 236 g/mol. The van der Waals surface area contributed by atoms with E-state index in [9.17, 15) is 9.90 Å². The predicted octanol–water partition coefficient (Wildman–Crippen LogP) is 2.37. The number of ether oxygens (including phenoxy) is 1. The average molecular weight is 245 g/mol. The summed E-state index contributed by atoms with van der Waals surface area (Å²) < 4.78 is 5.83. The smallest absolute Gasteiger partial charge is 0.168 e. The van der Waals surface area contributed by atoms with Crippen molar-refractivity contribution in [3.8, 4) is 11.5 Å². The second kappa shape index (κ2) is 4.28. The van der Waals surface area contributed by atoms with Crippen LogP contribution in [0.1, 0.15) is 17.3 Å². The summed E-state index contributed by atoms with van der Waals surface area (Å²) in [5, 5.41) is 9.47. The number of benzene rings is 1. The molecule has 0 heterocycles. The van der Waals surface area contributed by atoms with Gasteiger partial charge in [-0.25, -0.2) is 0 Å². The van der Waals surface area contributed by atoms with Crippen LogP contribution in [0.15, 0.2) is 16.6 Å². The molecule has 0 bridgehead atoms. The van der Waals surface area contributed by atoms with Gasteiger partial charge in [-0.05, 0) is 19.1 Å². The summed E-state index contributed by atoms with van der Waals surface area (Å²) in [6, 6.07) is 3.15. The van der Waals surface area contributed by atoms with E-state index in [1.54, 1.807) is 13.0 Å². The Labute approximate surface area is 84.5 Å². The molecule has 0 unspecified atom stereocenters. The van der Waals surface area contributed by atoms with Crippen molar-refractivity contribution < 1.29 is 14.6 Å². The standard InChI is InChI=1S/C9H9BrO3/c1-2-13-8-4-7(10)3-6(5-11)9(8)12/h3-5,12H,2H2,1H3. The van der Waals surface area contributed by atoms with Crippen LogP contribution in [-0.4, -0.2) is 18.0 Å². The first kappa shape index (κ1) is 10.1. The van der Waals surface area contributed by atoms with Gasteiger partial charge >= 0.3 is 0 Å². The van der Waals surface area contributed by atoms with Crippen LogP contribution in [0.3, 0.4) is 0 Å². The van der Waals surface area contributed by atoms with Crippen molar-refractivity contribution >= 4 is 22.2 Å². The summed E-state index contributed by atoms with van der Waals surface area (Å²) in [4.78, 5) is 10.5. The highest BCUT2D eigenvalue weighted by Crippen LogP contribution is 2.32. The fourth-order valence-corrected chi connectivity index (χ4v) is 1.40. The number of hydrogen-bond acceptors (Lipinski definition) is 3. The molecule has 0 saturated carbocycles. The molecule has 0 aliphatic heterocycles. The number of hydrogen-bond donors (Lipinski definition) is 1. The summed E-state index contributed by atoms with van der Waals surface area (Å²) in [6.45, 7) is 2.25. The largest absolute Gasteiger partial charge is 0.504 e. The number of phenolic OH excluding ortho intramolecular Hbond substituents is 1. The van der Waals surface area contributed by atoms with Gasteiger partial charge in [-0.1, -0.05) is 15.9 Å². The Kier molecular flexibility index (Phi) is 3.31. The van der Waals surface area contributed by atoms with Crippen molar-refractivity contribution in [2.45, 2.75) is 6.92 Å². The molecule has 0 amide bonds. The number of carbonyl (C=O) groups is 1. The van der Waals surface area contributed by atoms with Crippen LogP contribution in [0.25, 0.3) is 0 Å². The molecule has 0 atom stereocenters. The minimum atomic E-state index is -0.111. The SMILES string of the molecule is CCOc1cc(Br)cc(C=O)c1O. The fraction of sp³-hybridized carbons (Fsp3) is 0.222. The average Bonchev–Trinajstić information content (AvgIpc) is 2.11. The molecule has 1 rings (SSSR count). The van der Waals surface area contributed by atoms with E-state index in [1.807, 2.05) is 0 Å². The fourth-order valence-electron chi connectivity index (χ4n) is 0.950. The highest BCUT2D eigenvalue weighted by Gasteiger charge is 2.08. The normalized spacial score (nSPS) is 9.69. The topological polar surface area (TPSA) is 46.5 Å². The Bertz CT molecular complexity index is 323. The van der Waals surface area contributed by atoms with Gasteiger partial charge in [0.05, 0.1) is 12.2 Å². The Morgan fingerprint density at radius 3 is 2.85 bits per heavy atom. The van der Waals surface area contributed by atoms with Gasteiger partial charge in [-0.2, -0.15) is 0 Å². The lowest BCUT2D eigenvalue weighted by Gasteiger charge is -2.07. The molecule has 0 aliphatic rings. The molecule has 0 saturated heterocycles. The van der Waals surface area contributed by atoms with Crippen LogP contribution in [0.4, 0.5) is 0 Å². The minimum absolute atomic E-state index is 0.111. The van der Waals surface area contributed by atoms with Crippen LogP contribution in [0.2, 0.25) is 0 Å². The van der Waals surface area contributed by atoms with Gasteiger partial charge in [-0.15, -0.1) is 0 Å². The zero-order valence-electron chi connectivity index (χ0n) is 7.08. The van der Waals surface area contributed by atoms with Crippen LogP contribution >= 0.6 is 15.9 Å². The van der Waals surface area contributed by atoms with E-state index in [-0.39, 0.29) is 11.3 Å². The van der Waals surface area contributed by atoms with E-state index in [1.165, 1.54) is 6.07 Å². The second-order valence-corrected chi connectivity index (χ2v) is 3.31. The van der Waals surface area contributed by atoms with Crippen LogP contribution < -0.4 is 4.74 Å². The molecule has 1 aromatic carbocycles. The maximum Gasteiger partial charge on any atom is 0.168 e. The van der Waals surface area contributed by atoms with Crippen molar-refractivity contribution in [2.75, 3.05) is 6.61 Å².